The molecule has 2 rings (SSSR count). The van der Waals surface area contributed by atoms with Crippen molar-refractivity contribution in [1.29, 1.82) is 0 Å². The van der Waals surface area contributed by atoms with E-state index in [1.807, 2.05) is 24.3 Å². The minimum atomic E-state index is -0.574. The van der Waals surface area contributed by atoms with Crippen LogP contribution < -0.4 is 5.73 Å². The van der Waals surface area contributed by atoms with Gasteiger partial charge in [0.2, 0.25) is 5.78 Å². The van der Waals surface area contributed by atoms with E-state index in [0.717, 1.165) is 5.39 Å². The fraction of sp³-hybridized carbons (Fsp3) is 0.308. The number of ketones is 1. The molecule has 0 fully saturated rings. The standard InChI is InChI=1S/C13H15NO3/c1-16-7-6-10(14)13(15)12-8-9-4-2-3-5-11(9)17-12/h2-5,8,10H,6-7,14H2,1H3. The van der Waals surface area contributed by atoms with Gasteiger partial charge in [0.15, 0.2) is 5.76 Å². The summed E-state index contributed by atoms with van der Waals surface area (Å²) >= 11 is 0. The average molecular weight is 233 g/mol. The molecular formula is C13H15NO3. The second-order valence-electron chi connectivity index (χ2n) is 3.90. The Morgan fingerprint density at radius 3 is 2.94 bits per heavy atom. The van der Waals surface area contributed by atoms with Gasteiger partial charge < -0.3 is 14.9 Å². The summed E-state index contributed by atoms with van der Waals surface area (Å²) < 4.78 is 10.4. The lowest BCUT2D eigenvalue weighted by molar-refractivity contribution is 0.0910. The number of nitrogens with two attached hydrogens (primary N) is 1. The molecule has 0 amide bonds. The predicted octanol–water partition coefficient (Wildman–Crippen LogP) is 1.98. The molecule has 4 heteroatoms. The Bertz CT molecular complexity index is 485. The van der Waals surface area contributed by atoms with Crippen molar-refractivity contribution in [3.05, 3.63) is 36.1 Å². The van der Waals surface area contributed by atoms with Crippen LogP contribution in [0.1, 0.15) is 17.0 Å². The molecule has 0 aliphatic carbocycles. The second kappa shape index (κ2) is 5.12. The number of para-hydroxylation sites is 1. The summed E-state index contributed by atoms with van der Waals surface area (Å²) in [6, 6.07) is 8.64. The Kier molecular flexibility index (Phi) is 3.56. The topological polar surface area (TPSA) is 65.5 Å². The first-order chi connectivity index (χ1) is 8.22. The Hall–Kier alpha value is -1.65. The Morgan fingerprint density at radius 2 is 2.24 bits per heavy atom. The minimum Gasteiger partial charge on any atom is -0.453 e. The summed E-state index contributed by atoms with van der Waals surface area (Å²) in [4.78, 5) is 11.9. The zero-order valence-corrected chi connectivity index (χ0v) is 9.68. The van der Waals surface area contributed by atoms with Crippen molar-refractivity contribution in [2.75, 3.05) is 13.7 Å². The molecule has 0 radical (unpaired) electrons. The summed E-state index contributed by atoms with van der Waals surface area (Å²) in [6.07, 6.45) is 0.492. The molecule has 0 spiro atoms. The molecule has 1 aromatic carbocycles. The second-order valence-corrected chi connectivity index (χ2v) is 3.90. The molecule has 4 nitrogen and oxygen atoms in total. The van der Waals surface area contributed by atoms with Gasteiger partial charge in [0, 0.05) is 19.1 Å². The largest absolute Gasteiger partial charge is 0.453 e. The van der Waals surface area contributed by atoms with Gasteiger partial charge in [-0.15, -0.1) is 0 Å². The first kappa shape index (κ1) is 11.8. The third-order valence-corrected chi connectivity index (χ3v) is 2.64. The van der Waals surface area contributed by atoms with Crippen molar-refractivity contribution >= 4 is 16.8 Å². The zero-order valence-electron chi connectivity index (χ0n) is 9.68. The van der Waals surface area contributed by atoms with Gasteiger partial charge in [-0.25, -0.2) is 0 Å². The van der Waals surface area contributed by atoms with E-state index in [2.05, 4.69) is 0 Å². The summed E-state index contributed by atoms with van der Waals surface area (Å²) in [6.45, 7) is 0.465. The molecule has 1 atom stereocenters. The fourth-order valence-corrected chi connectivity index (χ4v) is 1.66. The van der Waals surface area contributed by atoms with Gasteiger partial charge in [-0.2, -0.15) is 0 Å². The summed E-state index contributed by atoms with van der Waals surface area (Å²) in [5.74, 6) is 0.132. The van der Waals surface area contributed by atoms with Gasteiger partial charge >= 0.3 is 0 Å². The number of carbonyl (C=O) groups excluding carboxylic acids is 1. The third kappa shape index (κ3) is 2.54. The van der Waals surface area contributed by atoms with Crippen LogP contribution in [0.3, 0.4) is 0 Å². The number of benzene rings is 1. The fourth-order valence-electron chi connectivity index (χ4n) is 1.66. The van der Waals surface area contributed by atoms with Gasteiger partial charge in [-0.1, -0.05) is 18.2 Å². The summed E-state index contributed by atoms with van der Waals surface area (Å²) in [5, 5.41) is 0.912. The molecule has 0 saturated carbocycles. The van der Waals surface area contributed by atoms with Crippen LogP contribution in [0.25, 0.3) is 11.0 Å². The maximum Gasteiger partial charge on any atom is 0.214 e. The maximum absolute atomic E-state index is 11.9. The van der Waals surface area contributed by atoms with Crippen molar-refractivity contribution in [3.8, 4) is 0 Å². The van der Waals surface area contributed by atoms with Gasteiger partial charge in [-0.05, 0) is 18.6 Å². The number of methoxy groups -OCH3 is 1. The highest BCUT2D eigenvalue weighted by atomic mass is 16.5. The van der Waals surface area contributed by atoms with Crippen LogP contribution in [-0.4, -0.2) is 25.5 Å². The van der Waals surface area contributed by atoms with E-state index in [1.54, 1.807) is 13.2 Å². The van der Waals surface area contributed by atoms with Gasteiger partial charge in [-0.3, -0.25) is 4.79 Å². The minimum absolute atomic E-state index is 0.182. The number of furan rings is 1. The lowest BCUT2D eigenvalue weighted by Crippen LogP contribution is -2.31. The van der Waals surface area contributed by atoms with Crippen molar-refractivity contribution in [2.24, 2.45) is 5.73 Å². The lowest BCUT2D eigenvalue weighted by atomic mass is 10.1. The van der Waals surface area contributed by atoms with E-state index in [9.17, 15) is 4.79 Å². The van der Waals surface area contributed by atoms with E-state index >= 15 is 0 Å². The highest BCUT2D eigenvalue weighted by Crippen LogP contribution is 2.19. The number of hydrogen-bond donors (Lipinski definition) is 1. The Labute approximate surface area is 99.3 Å². The number of carbonyl (C=O) groups is 1. The Morgan fingerprint density at radius 1 is 1.47 bits per heavy atom. The summed E-state index contributed by atoms with van der Waals surface area (Å²) in [7, 11) is 1.58. The van der Waals surface area contributed by atoms with E-state index < -0.39 is 6.04 Å². The van der Waals surface area contributed by atoms with Crippen molar-refractivity contribution in [3.63, 3.8) is 0 Å². The molecule has 0 bridgehead atoms. The van der Waals surface area contributed by atoms with Crippen LogP contribution in [0.15, 0.2) is 34.7 Å². The van der Waals surface area contributed by atoms with Crippen LogP contribution >= 0.6 is 0 Å². The van der Waals surface area contributed by atoms with E-state index in [0.29, 0.717) is 24.4 Å². The number of Topliss-reactive ketones (excluding diaryl/α,β-unsaturated/α-hetero) is 1. The van der Waals surface area contributed by atoms with Crippen LogP contribution in [-0.2, 0) is 4.74 Å². The number of hydrogen-bond acceptors (Lipinski definition) is 4. The SMILES string of the molecule is COCCC(N)C(=O)c1cc2ccccc2o1. The normalized spacial score (nSPS) is 12.8. The molecule has 1 heterocycles. The van der Waals surface area contributed by atoms with Gasteiger partial charge in [0.05, 0.1) is 6.04 Å². The molecule has 2 aromatic rings. The smallest absolute Gasteiger partial charge is 0.214 e. The quantitative estimate of drug-likeness (QED) is 0.802. The van der Waals surface area contributed by atoms with Crippen LogP contribution in [0.2, 0.25) is 0 Å². The average Bonchev–Trinajstić information content (AvgIpc) is 2.78. The molecule has 90 valence electrons. The molecular weight excluding hydrogens is 218 g/mol. The highest BCUT2D eigenvalue weighted by Gasteiger charge is 2.19. The first-order valence-electron chi connectivity index (χ1n) is 5.49. The molecule has 0 aliphatic heterocycles. The lowest BCUT2D eigenvalue weighted by Gasteiger charge is -2.07. The van der Waals surface area contributed by atoms with Crippen molar-refractivity contribution < 1.29 is 13.9 Å². The van der Waals surface area contributed by atoms with E-state index in [1.165, 1.54) is 0 Å². The predicted molar refractivity (Wildman–Crippen MR) is 65.0 cm³/mol. The maximum atomic E-state index is 11.9. The zero-order chi connectivity index (χ0) is 12.3. The summed E-state index contributed by atoms with van der Waals surface area (Å²) in [5.41, 5.74) is 6.47. The van der Waals surface area contributed by atoms with Gasteiger partial charge in [0.25, 0.3) is 0 Å². The molecule has 1 unspecified atom stereocenters. The molecule has 0 saturated heterocycles. The monoisotopic (exact) mass is 233 g/mol. The number of rotatable bonds is 5. The van der Waals surface area contributed by atoms with E-state index in [-0.39, 0.29) is 5.78 Å². The molecule has 0 aliphatic rings. The third-order valence-electron chi connectivity index (χ3n) is 2.64. The molecule has 2 N–H and O–H groups in total. The van der Waals surface area contributed by atoms with Crippen molar-refractivity contribution in [2.45, 2.75) is 12.5 Å². The van der Waals surface area contributed by atoms with Gasteiger partial charge in [0.1, 0.15) is 5.58 Å². The van der Waals surface area contributed by atoms with E-state index in [4.69, 9.17) is 14.9 Å². The van der Waals surface area contributed by atoms with Crippen LogP contribution in [0.4, 0.5) is 0 Å². The molecule has 1 aromatic heterocycles. The molecule has 17 heavy (non-hydrogen) atoms. The van der Waals surface area contributed by atoms with Crippen LogP contribution in [0.5, 0.6) is 0 Å². The van der Waals surface area contributed by atoms with Crippen molar-refractivity contribution in [1.82, 2.24) is 0 Å². The Balaban J connectivity index is 2.18. The first-order valence-corrected chi connectivity index (χ1v) is 5.49. The highest BCUT2D eigenvalue weighted by molar-refractivity contribution is 6.00. The number of fused-ring (bicyclic) bond motifs is 1. The van der Waals surface area contributed by atoms with Crippen LogP contribution in [0, 0.1) is 0 Å². The number of ether oxygens (including phenoxy) is 1.